The van der Waals surface area contributed by atoms with Gasteiger partial charge in [0.2, 0.25) is 0 Å². The van der Waals surface area contributed by atoms with Gasteiger partial charge in [0.25, 0.3) is 0 Å². The molecule has 0 atom stereocenters. The van der Waals surface area contributed by atoms with E-state index in [0.717, 1.165) is 37.4 Å². The number of rotatable bonds is 3. The second-order valence-electron chi connectivity index (χ2n) is 6.05. The number of benzene rings is 1. The molecule has 0 spiro atoms. The minimum Gasteiger partial charge on any atom is -0.353 e. The van der Waals surface area contributed by atoms with E-state index in [1.807, 2.05) is 0 Å². The summed E-state index contributed by atoms with van der Waals surface area (Å²) in [5.41, 5.74) is 1.07. The summed E-state index contributed by atoms with van der Waals surface area (Å²) in [7, 11) is 0. The number of nitrogens with zero attached hydrogens (tertiary/aromatic N) is 5. The van der Waals surface area contributed by atoms with Crippen LogP contribution in [0.3, 0.4) is 0 Å². The van der Waals surface area contributed by atoms with Crippen molar-refractivity contribution in [2.45, 2.75) is 6.54 Å². The van der Waals surface area contributed by atoms with Crippen molar-refractivity contribution in [3.8, 4) is 0 Å². The molecule has 0 aliphatic carbocycles. The first-order valence-electron chi connectivity index (χ1n) is 8.18. The number of anilines is 1. The highest BCUT2D eigenvalue weighted by molar-refractivity contribution is 5.89. The zero-order valence-electron chi connectivity index (χ0n) is 13.6. The van der Waals surface area contributed by atoms with Gasteiger partial charge in [0, 0.05) is 50.4 Å². The lowest BCUT2D eigenvalue weighted by Crippen LogP contribution is -2.46. The SMILES string of the molecule is Fc1ccc2c(N3CCN(Cc4ncccc4F)CC3)ncnc2c1. The molecule has 1 fully saturated rings. The molecule has 0 radical (unpaired) electrons. The van der Waals surface area contributed by atoms with Crippen molar-refractivity contribution in [3.05, 3.63) is 60.2 Å². The molecular formula is C18H17F2N5. The van der Waals surface area contributed by atoms with Crippen LogP contribution >= 0.6 is 0 Å². The van der Waals surface area contributed by atoms with E-state index in [2.05, 4.69) is 24.8 Å². The van der Waals surface area contributed by atoms with Crippen molar-refractivity contribution in [2.24, 2.45) is 0 Å². The first-order valence-corrected chi connectivity index (χ1v) is 8.18. The van der Waals surface area contributed by atoms with E-state index in [1.165, 1.54) is 24.5 Å². The van der Waals surface area contributed by atoms with Crippen molar-refractivity contribution in [3.63, 3.8) is 0 Å². The summed E-state index contributed by atoms with van der Waals surface area (Å²) in [6.45, 7) is 3.58. The number of hydrogen-bond donors (Lipinski definition) is 0. The molecule has 0 bridgehead atoms. The summed E-state index contributed by atoms with van der Waals surface area (Å²) in [5, 5.41) is 0.841. The van der Waals surface area contributed by atoms with Crippen LogP contribution in [0, 0.1) is 11.6 Å². The fourth-order valence-electron chi connectivity index (χ4n) is 3.13. The summed E-state index contributed by atoms with van der Waals surface area (Å²) in [6, 6.07) is 7.59. The third-order valence-corrected chi connectivity index (χ3v) is 4.46. The third kappa shape index (κ3) is 3.28. The molecule has 5 nitrogen and oxygen atoms in total. The van der Waals surface area contributed by atoms with Crippen LogP contribution in [0.1, 0.15) is 5.69 Å². The Labute approximate surface area is 143 Å². The van der Waals surface area contributed by atoms with Gasteiger partial charge in [0.15, 0.2) is 0 Å². The lowest BCUT2D eigenvalue weighted by Gasteiger charge is -2.35. The van der Waals surface area contributed by atoms with Crippen LogP contribution in [0.5, 0.6) is 0 Å². The molecule has 128 valence electrons. The topological polar surface area (TPSA) is 45.2 Å². The third-order valence-electron chi connectivity index (χ3n) is 4.46. The standard InChI is InChI=1S/C18H17F2N5/c19-13-3-4-14-16(10-13)22-12-23-18(14)25-8-6-24(7-9-25)11-17-15(20)2-1-5-21-17/h1-5,10,12H,6-9,11H2. The molecule has 0 saturated carbocycles. The first kappa shape index (κ1) is 15.8. The molecule has 3 heterocycles. The quantitative estimate of drug-likeness (QED) is 0.733. The number of fused-ring (bicyclic) bond motifs is 1. The fourth-order valence-corrected chi connectivity index (χ4v) is 3.13. The number of halogens is 2. The van der Waals surface area contributed by atoms with E-state index in [9.17, 15) is 8.78 Å². The maximum absolute atomic E-state index is 13.7. The fraction of sp³-hybridized carbons (Fsp3) is 0.278. The molecule has 3 aromatic rings. The molecule has 25 heavy (non-hydrogen) atoms. The number of aromatic nitrogens is 3. The van der Waals surface area contributed by atoms with Crippen LogP contribution in [-0.2, 0) is 6.54 Å². The van der Waals surface area contributed by atoms with E-state index in [1.54, 1.807) is 18.3 Å². The molecule has 0 unspecified atom stereocenters. The zero-order chi connectivity index (χ0) is 17.2. The van der Waals surface area contributed by atoms with Gasteiger partial charge in [-0.3, -0.25) is 9.88 Å². The van der Waals surface area contributed by atoms with Crippen LogP contribution in [0.2, 0.25) is 0 Å². The molecule has 1 aliphatic rings. The smallest absolute Gasteiger partial charge is 0.146 e. The Bertz CT molecular complexity index is 894. The Kier molecular flexibility index (Phi) is 4.23. The van der Waals surface area contributed by atoms with Gasteiger partial charge in [0.05, 0.1) is 11.2 Å². The molecule has 7 heteroatoms. The average molecular weight is 341 g/mol. The Balaban J connectivity index is 1.48. The van der Waals surface area contributed by atoms with E-state index in [-0.39, 0.29) is 11.6 Å². The lowest BCUT2D eigenvalue weighted by molar-refractivity contribution is 0.243. The van der Waals surface area contributed by atoms with Gasteiger partial charge in [-0.1, -0.05) is 0 Å². The molecular weight excluding hydrogens is 324 g/mol. The second-order valence-corrected chi connectivity index (χ2v) is 6.05. The van der Waals surface area contributed by atoms with Crippen molar-refractivity contribution >= 4 is 16.7 Å². The number of piperazine rings is 1. The molecule has 2 aromatic heterocycles. The molecule has 0 amide bonds. The summed E-state index contributed by atoms with van der Waals surface area (Å²) in [6.07, 6.45) is 3.08. The van der Waals surface area contributed by atoms with Crippen LogP contribution in [0.15, 0.2) is 42.9 Å². The van der Waals surface area contributed by atoms with E-state index < -0.39 is 0 Å². The van der Waals surface area contributed by atoms with Gasteiger partial charge in [-0.2, -0.15) is 0 Å². The Morgan fingerprint density at radius 1 is 0.960 bits per heavy atom. The monoisotopic (exact) mass is 341 g/mol. The highest BCUT2D eigenvalue weighted by Crippen LogP contribution is 2.24. The number of hydrogen-bond acceptors (Lipinski definition) is 5. The van der Waals surface area contributed by atoms with Crippen LogP contribution in [0.4, 0.5) is 14.6 Å². The van der Waals surface area contributed by atoms with Crippen LogP contribution < -0.4 is 4.90 Å². The number of pyridine rings is 1. The van der Waals surface area contributed by atoms with Crippen LogP contribution in [-0.4, -0.2) is 46.0 Å². The zero-order valence-corrected chi connectivity index (χ0v) is 13.6. The molecule has 1 aromatic carbocycles. The van der Waals surface area contributed by atoms with Gasteiger partial charge in [0.1, 0.15) is 23.8 Å². The van der Waals surface area contributed by atoms with Crippen molar-refractivity contribution < 1.29 is 8.78 Å². The largest absolute Gasteiger partial charge is 0.353 e. The van der Waals surface area contributed by atoms with Gasteiger partial charge in [-0.25, -0.2) is 18.7 Å². The van der Waals surface area contributed by atoms with Crippen molar-refractivity contribution in [1.29, 1.82) is 0 Å². The predicted octanol–water partition coefficient (Wildman–Crippen LogP) is 2.63. The summed E-state index contributed by atoms with van der Waals surface area (Å²) in [4.78, 5) is 17.0. The Morgan fingerprint density at radius 2 is 1.80 bits per heavy atom. The maximum atomic E-state index is 13.7. The highest BCUT2D eigenvalue weighted by atomic mass is 19.1. The van der Waals surface area contributed by atoms with Gasteiger partial charge >= 0.3 is 0 Å². The van der Waals surface area contributed by atoms with E-state index in [4.69, 9.17) is 0 Å². The average Bonchev–Trinajstić information content (AvgIpc) is 2.63. The highest BCUT2D eigenvalue weighted by Gasteiger charge is 2.21. The lowest BCUT2D eigenvalue weighted by atomic mass is 10.2. The van der Waals surface area contributed by atoms with E-state index in [0.29, 0.717) is 17.8 Å². The van der Waals surface area contributed by atoms with Gasteiger partial charge < -0.3 is 4.90 Å². The predicted molar refractivity (Wildman–Crippen MR) is 91.2 cm³/mol. The van der Waals surface area contributed by atoms with Gasteiger partial charge in [-0.15, -0.1) is 0 Å². The minimum absolute atomic E-state index is 0.270. The Hall–Kier alpha value is -2.67. The normalized spacial score (nSPS) is 15.7. The van der Waals surface area contributed by atoms with E-state index >= 15 is 0 Å². The van der Waals surface area contributed by atoms with Crippen LogP contribution in [0.25, 0.3) is 10.9 Å². The maximum Gasteiger partial charge on any atom is 0.146 e. The molecule has 0 N–H and O–H groups in total. The minimum atomic E-state index is -0.306. The summed E-state index contributed by atoms with van der Waals surface area (Å²) >= 11 is 0. The Morgan fingerprint density at radius 3 is 2.60 bits per heavy atom. The van der Waals surface area contributed by atoms with Crippen molar-refractivity contribution in [1.82, 2.24) is 19.9 Å². The van der Waals surface area contributed by atoms with Gasteiger partial charge in [-0.05, 0) is 24.3 Å². The molecule has 4 rings (SSSR count). The summed E-state index contributed by atoms with van der Waals surface area (Å²) < 4.78 is 27.1. The molecule has 1 saturated heterocycles. The second kappa shape index (κ2) is 6.68. The molecule has 1 aliphatic heterocycles. The summed E-state index contributed by atoms with van der Waals surface area (Å²) in [5.74, 6) is 0.238. The van der Waals surface area contributed by atoms with Crippen molar-refractivity contribution in [2.75, 3.05) is 31.1 Å². The first-order chi connectivity index (χ1) is 12.2.